The van der Waals surface area contributed by atoms with Crippen LogP contribution in [0, 0.1) is 0 Å². The second-order valence-electron chi connectivity index (χ2n) is 6.72. The number of hydrogen-bond acceptors (Lipinski definition) is 6. The van der Waals surface area contributed by atoms with Crippen LogP contribution in [-0.2, 0) is 0 Å². The molecule has 2 aromatic rings. The molecule has 1 unspecified atom stereocenters. The van der Waals surface area contributed by atoms with Crippen LogP contribution in [-0.4, -0.2) is 53.6 Å². The molecule has 2 heterocycles. The van der Waals surface area contributed by atoms with Gasteiger partial charge in [-0.15, -0.1) is 0 Å². The number of β-amino-alcohol motifs (C(OH)–C–C–N with tert-alkyl or cyclic N) is 1. The Hall–Kier alpha value is -1.18. The zero-order valence-electron chi connectivity index (χ0n) is 15.0. The van der Waals surface area contributed by atoms with Crippen LogP contribution in [0.25, 0.3) is 0 Å². The Morgan fingerprint density at radius 2 is 1.85 bits per heavy atom. The van der Waals surface area contributed by atoms with Crippen LogP contribution in [0.1, 0.15) is 17.7 Å². The summed E-state index contributed by atoms with van der Waals surface area (Å²) < 4.78 is 2.47. The number of anilines is 2. The lowest BCUT2D eigenvalue weighted by Gasteiger charge is -2.35. The van der Waals surface area contributed by atoms with Crippen LogP contribution in [0.3, 0.4) is 0 Å². The first kappa shape index (κ1) is 18.2. The van der Waals surface area contributed by atoms with Gasteiger partial charge >= 0.3 is 0 Å². The van der Waals surface area contributed by atoms with E-state index in [4.69, 9.17) is 5.11 Å². The number of rotatable bonds is 5. The van der Waals surface area contributed by atoms with Gasteiger partial charge in [-0.25, -0.2) is 4.31 Å². The number of fused-ring (bicyclic) bond motifs is 2. The van der Waals surface area contributed by atoms with Gasteiger partial charge in [-0.3, -0.25) is 4.90 Å². The van der Waals surface area contributed by atoms with Gasteiger partial charge in [-0.2, -0.15) is 0 Å². The molecule has 0 bridgehead atoms. The Labute approximate surface area is 164 Å². The number of para-hydroxylation sites is 1. The van der Waals surface area contributed by atoms with Crippen molar-refractivity contribution >= 4 is 35.1 Å². The lowest BCUT2D eigenvalue weighted by molar-refractivity contribution is 0.155. The summed E-state index contributed by atoms with van der Waals surface area (Å²) in [5.74, 6) is 0. The molecule has 0 saturated carbocycles. The molecule has 2 N–H and O–H groups in total. The monoisotopic (exact) mass is 387 g/mol. The van der Waals surface area contributed by atoms with Crippen molar-refractivity contribution in [1.29, 1.82) is 0 Å². The maximum absolute atomic E-state index is 9.07. The van der Waals surface area contributed by atoms with E-state index in [1.54, 1.807) is 0 Å². The van der Waals surface area contributed by atoms with E-state index >= 15 is 0 Å². The van der Waals surface area contributed by atoms with Gasteiger partial charge in [0, 0.05) is 47.8 Å². The van der Waals surface area contributed by atoms with E-state index in [-0.39, 0.29) is 6.61 Å². The Kier molecular flexibility index (Phi) is 5.76. The van der Waals surface area contributed by atoms with Crippen molar-refractivity contribution in [1.82, 2.24) is 9.21 Å². The molecular formula is C20H25N3OS2. The highest BCUT2D eigenvalue weighted by molar-refractivity contribution is 7.99. The zero-order valence-corrected chi connectivity index (χ0v) is 16.7. The average molecular weight is 388 g/mol. The Morgan fingerprint density at radius 1 is 1.08 bits per heavy atom. The fraction of sp³-hybridized carbons (Fsp3) is 0.400. The van der Waals surface area contributed by atoms with Crippen molar-refractivity contribution in [2.24, 2.45) is 0 Å². The summed E-state index contributed by atoms with van der Waals surface area (Å²) in [6, 6.07) is 15.3. The van der Waals surface area contributed by atoms with E-state index in [2.05, 4.69) is 63.9 Å². The molecule has 0 amide bonds. The Balaban J connectivity index is 1.40. The van der Waals surface area contributed by atoms with Gasteiger partial charge in [0.25, 0.3) is 0 Å². The van der Waals surface area contributed by atoms with Gasteiger partial charge in [0.1, 0.15) is 0 Å². The summed E-state index contributed by atoms with van der Waals surface area (Å²) in [6.45, 7) is 7.54. The summed E-state index contributed by atoms with van der Waals surface area (Å²) >= 11 is 3.78. The van der Waals surface area contributed by atoms with Crippen molar-refractivity contribution in [2.75, 3.05) is 44.6 Å². The van der Waals surface area contributed by atoms with Crippen LogP contribution in [0.15, 0.2) is 52.3 Å². The fourth-order valence-corrected chi connectivity index (χ4v) is 5.45. The Morgan fingerprint density at radius 3 is 2.65 bits per heavy atom. The number of piperazine rings is 1. The molecule has 138 valence electrons. The summed E-state index contributed by atoms with van der Waals surface area (Å²) in [7, 11) is 0. The van der Waals surface area contributed by atoms with Crippen LogP contribution in [0.4, 0.5) is 11.4 Å². The molecule has 6 heteroatoms. The topological polar surface area (TPSA) is 38.7 Å². The first-order chi connectivity index (χ1) is 12.7. The molecular weight excluding hydrogens is 362 g/mol. The number of aliphatic hydroxyl groups is 1. The molecule has 2 aliphatic heterocycles. The quantitative estimate of drug-likeness (QED) is 0.639. The first-order valence-corrected chi connectivity index (χ1v) is 10.8. The van der Waals surface area contributed by atoms with Gasteiger partial charge in [0.2, 0.25) is 0 Å². The van der Waals surface area contributed by atoms with Crippen molar-refractivity contribution in [2.45, 2.75) is 22.0 Å². The van der Waals surface area contributed by atoms with Crippen LogP contribution in [0.5, 0.6) is 0 Å². The smallest absolute Gasteiger partial charge is 0.0558 e. The molecule has 26 heavy (non-hydrogen) atoms. The highest BCUT2D eigenvalue weighted by Crippen LogP contribution is 2.45. The van der Waals surface area contributed by atoms with E-state index in [9.17, 15) is 0 Å². The molecule has 2 aromatic carbocycles. The predicted molar refractivity (Wildman–Crippen MR) is 111 cm³/mol. The molecule has 2 aliphatic rings. The highest BCUT2D eigenvalue weighted by Gasteiger charge is 2.21. The SMILES string of the molecule is CC(SN1CCN(CCO)CC1)c1ccc2c(c1)Nc1ccccc1S2. The van der Waals surface area contributed by atoms with Gasteiger partial charge < -0.3 is 10.4 Å². The van der Waals surface area contributed by atoms with Crippen molar-refractivity contribution in [3.63, 3.8) is 0 Å². The summed E-state index contributed by atoms with van der Waals surface area (Å²) in [5.41, 5.74) is 3.77. The standard InChI is InChI=1S/C20H25N3OS2/c1-15(26-23-10-8-22(9-11-23)12-13-24)16-6-7-20-18(14-16)21-17-4-2-3-5-19(17)25-20/h2-7,14-15,21,24H,8-13H2,1H3. The molecule has 1 atom stereocenters. The van der Waals surface area contributed by atoms with Crippen molar-refractivity contribution in [3.8, 4) is 0 Å². The molecule has 1 fully saturated rings. The zero-order chi connectivity index (χ0) is 17.9. The fourth-order valence-electron chi connectivity index (χ4n) is 3.39. The summed E-state index contributed by atoms with van der Waals surface area (Å²) in [5, 5.41) is 13.1. The normalized spacial score (nSPS) is 18.7. The van der Waals surface area contributed by atoms with Crippen molar-refractivity contribution in [3.05, 3.63) is 48.0 Å². The summed E-state index contributed by atoms with van der Waals surface area (Å²) in [4.78, 5) is 4.91. The maximum Gasteiger partial charge on any atom is 0.0558 e. The molecule has 4 nitrogen and oxygen atoms in total. The predicted octanol–water partition coefficient (Wildman–Crippen LogP) is 4.21. The minimum atomic E-state index is 0.257. The van der Waals surface area contributed by atoms with Gasteiger partial charge in [0.05, 0.1) is 18.0 Å². The number of benzene rings is 2. The first-order valence-electron chi connectivity index (χ1n) is 9.16. The third kappa shape index (κ3) is 4.05. The van der Waals surface area contributed by atoms with E-state index in [1.165, 1.54) is 26.7 Å². The van der Waals surface area contributed by atoms with Crippen molar-refractivity contribution < 1.29 is 5.11 Å². The van der Waals surface area contributed by atoms with Crippen LogP contribution in [0.2, 0.25) is 0 Å². The Bertz CT molecular complexity index is 762. The molecule has 0 aromatic heterocycles. The minimum Gasteiger partial charge on any atom is -0.395 e. The third-order valence-corrected chi connectivity index (χ3v) is 7.31. The van der Waals surface area contributed by atoms with E-state index < -0.39 is 0 Å². The number of nitrogens with zero attached hydrogens (tertiary/aromatic N) is 2. The lowest BCUT2D eigenvalue weighted by Crippen LogP contribution is -2.44. The number of aliphatic hydroxyl groups excluding tert-OH is 1. The third-order valence-electron chi connectivity index (χ3n) is 4.90. The molecule has 4 rings (SSSR count). The molecule has 0 radical (unpaired) electrons. The number of hydrogen-bond donors (Lipinski definition) is 2. The van der Waals surface area contributed by atoms with E-state index in [0.29, 0.717) is 5.25 Å². The van der Waals surface area contributed by atoms with Crippen LogP contribution < -0.4 is 5.32 Å². The van der Waals surface area contributed by atoms with Gasteiger partial charge in [-0.1, -0.05) is 41.9 Å². The van der Waals surface area contributed by atoms with Gasteiger partial charge in [0.15, 0.2) is 0 Å². The second-order valence-corrected chi connectivity index (χ2v) is 9.24. The number of nitrogens with one attached hydrogen (secondary N) is 1. The second kappa shape index (κ2) is 8.23. The molecule has 0 spiro atoms. The van der Waals surface area contributed by atoms with E-state index in [1.807, 2.05) is 23.7 Å². The maximum atomic E-state index is 9.07. The van der Waals surface area contributed by atoms with Crippen LogP contribution >= 0.6 is 23.7 Å². The summed E-state index contributed by atoms with van der Waals surface area (Å²) in [6.07, 6.45) is 0. The lowest BCUT2D eigenvalue weighted by atomic mass is 10.1. The van der Waals surface area contributed by atoms with E-state index in [0.717, 1.165) is 32.7 Å². The molecule has 0 aliphatic carbocycles. The minimum absolute atomic E-state index is 0.257. The van der Waals surface area contributed by atoms with Gasteiger partial charge in [-0.05, 0) is 36.8 Å². The molecule has 1 saturated heterocycles. The highest BCUT2D eigenvalue weighted by atomic mass is 32.2. The average Bonchev–Trinajstić information content (AvgIpc) is 2.67. The largest absolute Gasteiger partial charge is 0.395 e.